The summed E-state index contributed by atoms with van der Waals surface area (Å²) in [6, 6.07) is 13.6. The first-order valence-electron chi connectivity index (χ1n) is 10.4. The monoisotopic (exact) mass is 449 g/mol. The fraction of sp³-hybridized carbons (Fsp3) is 0.292. The molecule has 166 valence electrons. The molecule has 3 aromatic rings. The Balaban J connectivity index is 1.87. The topological polar surface area (TPSA) is 71.4 Å². The van der Waals surface area contributed by atoms with Crippen molar-refractivity contribution in [2.24, 2.45) is 7.05 Å². The predicted octanol–water partition coefficient (Wildman–Crippen LogP) is 4.18. The number of thiocarbonyl (C=S) groups is 1. The molecule has 8 heteroatoms. The van der Waals surface area contributed by atoms with Crippen LogP contribution in [0.5, 0.6) is 5.75 Å². The third kappa shape index (κ3) is 3.82. The van der Waals surface area contributed by atoms with Gasteiger partial charge >= 0.3 is 0 Å². The Labute approximate surface area is 193 Å². The Morgan fingerprint density at radius 1 is 1.22 bits per heavy atom. The van der Waals surface area contributed by atoms with E-state index in [1.54, 1.807) is 13.3 Å². The number of carbonyl (C=O) groups is 1. The number of amides is 1. The van der Waals surface area contributed by atoms with Crippen molar-refractivity contribution < 1.29 is 9.53 Å². The van der Waals surface area contributed by atoms with Crippen molar-refractivity contribution in [2.75, 3.05) is 17.3 Å². The van der Waals surface area contributed by atoms with E-state index >= 15 is 0 Å². The molecule has 2 aromatic heterocycles. The normalized spacial score (nSPS) is 17.9. The summed E-state index contributed by atoms with van der Waals surface area (Å²) in [7, 11) is 3.65. The molecule has 1 aliphatic rings. The Morgan fingerprint density at radius 3 is 2.59 bits per heavy atom. The van der Waals surface area contributed by atoms with Crippen molar-refractivity contribution >= 4 is 34.6 Å². The Bertz CT molecular complexity index is 1170. The molecule has 2 N–H and O–H groups in total. The van der Waals surface area contributed by atoms with Crippen LogP contribution in [0, 0.1) is 13.8 Å². The molecule has 1 aliphatic heterocycles. The fourth-order valence-electron chi connectivity index (χ4n) is 4.27. The van der Waals surface area contributed by atoms with Crippen LogP contribution < -0.4 is 20.3 Å². The second kappa shape index (κ2) is 8.63. The molecule has 0 unspecified atom stereocenters. The Kier molecular flexibility index (Phi) is 5.88. The maximum Gasteiger partial charge on any atom is 0.221 e. The van der Waals surface area contributed by atoms with Crippen molar-refractivity contribution in [2.45, 2.75) is 32.9 Å². The summed E-state index contributed by atoms with van der Waals surface area (Å²) in [5, 5.41) is 6.94. The summed E-state index contributed by atoms with van der Waals surface area (Å²) < 4.78 is 7.62. The van der Waals surface area contributed by atoms with Gasteiger partial charge in [-0.25, -0.2) is 0 Å². The first kappa shape index (κ1) is 21.8. The molecular formula is C24H27N5O2S. The average molecular weight is 450 g/mol. The first-order chi connectivity index (χ1) is 15.3. The van der Waals surface area contributed by atoms with Gasteiger partial charge in [-0.3, -0.25) is 9.78 Å². The van der Waals surface area contributed by atoms with Gasteiger partial charge in [0, 0.05) is 37.2 Å². The molecule has 1 aromatic carbocycles. The van der Waals surface area contributed by atoms with E-state index in [0.717, 1.165) is 11.4 Å². The number of benzene rings is 1. The number of methoxy groups -OCH3 is 1. The molecule has 1 amide bonds. The highest BCUT2D eigenvalue weighted by Crippen LogP contribution is 2.44. The van der Waals surface area contributed by atoms with Crippen LogP contribution in [0.25, 0.3) is 0 Å². The number of carbonyl (C=O) groups excluding carboxylic acids is 1. The molecule has 0 aliphatic carbocycles. The zero-order chi connectivity index (χ0) is 23.0. The number of anilines is 2. The van der Waals surface area contributed by atoms with E-state index in [1.165, 1.54) is 23.9 Å². The lowest BCUT2D eigenvalue weighted by Crippen LogP contribution is -2.29. The van der Waals surface area contributed by atoms with Crippen LogP contribution in [0.1, 0.15) is 41.7 Å². The van der Waals surface area contributed by atoms with Gasteiger partial charge < -0.3 is 24.8 Å². The molecule has 1 saturated heterocycles. The van der Waals surface area contributed by atoms with E-state index < -0.39 is 0 Å². The van der Waals surface area contributed by atoms with E-state index in [4.69, 9.17) is 17.0 Å². The van der Waals surface area contributed by atoms with E-state index in [1.807, 2.05) is 36.4 Å². The summed E-state index contributed by atoms with van der Waals surface area (Å²) in [6.07, 6.45) is 1.80. The maximum atomic E-state index is 11.8. The maximum absolute atomic E-state index is 11.8. The van der Waals surface area contributed by atoms with Crippen LogP contribution in [-0.2, 0) is 11.8 Å². The summed E-state index contributed by atoms with van der Waals surface area (Å²) >= 11 is 5.81. The minimum absolute atomic E-state index is 0.115. The number of aromatic nitrogens is 2. The van der Waals surface area contributed by atoms with Crippen LogP contribution in [-0.4, -0.2) is 27.7 Å². The lowest BCUT2D eigenvalue weighted by Gasteiger charge is -2.28. The molecule has 4 rings (SSSR count). The number of nitrogens with one attached hydrogen (secondary N) is 2. The van der Waals surface area contributed by atoms with Gasteiger partial charge in [0.25, 0.3) is 0 Å². The number of nitrogens with zero attached hydrogens (tertiary/aromatic N) is 3. The third-order valence-electron chi connectivity index (χ3n) is 6.00. The first-order valence-corrected chi connectivity index (χ1v) is 10.8. The van der Waals surface area contributed by atoms with Crippen LogP contribution in [0.4, 0.5) is 11.4 Å². The van der Waals surface area contributed by atoms with E-state index in [-0.39, 0.29) is 18.0 Å². The molecule has 0 radical (unpaired) electrons. The SMILES string of the molecule is COc1ccc(N2C(=S)N[C@@H](c3ccccn3)[C@H]2c2cc(C)n(C)c2C)cc1NC(C)=O. The largest absolute Gasteiger partial charge is 0.495 e. The van der Waals surface area contributed by atoms with E-state index in [9.17, 15) is 4.79 Å². The van der Waals surface area contributed by atoms with Crippen molar-refractivity contribution in [3.05, 3.63) is 71.3 Å². The number of hydrogen-bond acceptors (Lipinski definition) is 4. The fourth-order valence-corrected chi connectivity index (χ4v) is 4.61. The smallest absolute Gasteiger partial charge is 0.221 e. The molecule has 32 heavy (non-hydrogen) atoms. The lowest BCUT2D eigenvalue weighted by atomic mass is 9.96. The van der Waals surface area contributed by atoms with Gasteiger partial charge in [0.2, 0.25) is 5.91 Å². The Morgan fingerprint density at radius 2 is 2.00 bits per heavy atom. The molecule has 0 bridgehead atoms. The van der Waals surface area contributed by atoms with Crippen LogP contribution >= 0.6 is 12.2 Å². The van der Waals surface area contributed by atoms with Crippen molar-refractivity contribution in [1.29, 1.82) is 0 Å². The van der Waals surface area contributed by atoms with E-state index in [2.05, 4.69) is 52.0 Å². The van der Waals surface area contributed by atoms with Crippen LogP contribution in [0.2, 0.25) is 0 Å². The second-order valence-electron chi connectivity index (χ2n) is 7.95. The van der Waals surface area contributed by atoms with Crippen LogP contribution in [0.3, 0.4) is 0 Å². The number of rotatable bonds is 5. The van der Waals surface area contributed by atoms with Crippen molar-refractivity contribution in [3.63, 3.8) is 0 Å². The van der Waals surface area contributed by atoms with Gasteiger partial charge in [-0.1, -0.05) is 6.07 Å². The summed E-state index contributed by atoms with van der Waals surface area (Å²) in [4.78, 5) is 18.5. The number of pyridine rings is 1. The number of hydrogen-bond donors (Lipinski definition) is 2. The van der Waals surface area contributed by atoms with Gasteiger partial charge in [0.15, 0.2) is 5.11 Å². The Hall–Kier alpha value is -3.39. The predicted molar refractivity (Wildman–Crippen MR) is 130 cm³/mol. The molecular weight excluding hydrogens is 422 g/mol. The van der Waals surface area contributed by atoms with Gasteiger partial charge in [-0.15, -0.1) is 0 Å². The lowest BCUT2D eigenvalue weighted by molar-refractivity contribution is -0.114. The highest BCUT2D eigenvalue weighted by atomic mass is 32.1. The zero-order valence-corrected chi connectivity index (χ0v) is 19.7. The molecule has 2 atom stereocenters. The van der Waals surface area contributed by atoms with Crippen LogP contribution in [0.15, 0.2) is 48.7 Å². The quantitative estimate of drug-likeness (QED) is 0.570. The van der Waals surface area contributed by atoms with Crippen molar-refractivity contribution in [3.8, 4) is 5.75 Å². The molecule has 0 spiro atoms. The van der Waals surface area contributed by atoms with Gasteiger partial charge in [-0.05, 0) is 68.0 Å². The van der Waals surface area contributed by atoms with Gasteiger partial charge in [0.1, 0.15) is 5.75 Å². The van der Waals surface area contributed by atoms with Gasteiger partial charge in [0.05, 0.1) is 30.6 Å². The van der Waals surface area contributed by atoms with E-state index in [0.29, 0.717) is 16.5 Å². The highest BCUT2D eigenvalue weighted by molar-refractivity contribution is 7.80. The standard InChI is InChI=1S/C24H27N5O2S/c1-14-12-18(15(2)28(14)4)23-22(19-8-6-7-11-25-19)27-24(32)29(23)17-9-10-21(31-5)20(13-17)26-16(3)30/h6-13,22-23H,1-5H3,(H,26,30)(H,27,32)/t22-,23+/m0/s1. The highest BCUT2D eigenvalue weighted by Gasteiger charge is 2.42. The minimum Gasteiger partial charge on any atom is -0.495 e. The third-order valence-corrected chi connectivity index (χ3v) is 6.32. The summed E-state index contributed by atoms with van der Waals surface area (Å²) in [5.41, 5.74) is 5.88. The average Bonchev–Trinajstić information content (AvgIpc) is 3.25. The number of aryl methyl sites for hydroxylation is 1. The molecule has 7 nitrogen and oxygen atoms in total. The summed E-state index contributed by atoms with van der Waals surface area (Å²) in [6.45, 7) is 5.69. The number of ether oxygens (including phenoxy) is 1. The summed E-state index contributed by atoms with van der Waals surface area (Å²) in [5.74, 6) is 0.423. The molecule has 0 saturated carbocycles. The second-order valence-corrected chi connectivity index (χ2v) is 8.33. The molecule has 1 fully saturated rings. The molecule has 3 heterocycles. The zero-order valence-electron chi connectivity index (χ0n) is 18.8. The minimum atomic E-state index is -0.167. The van der Waals surface area contributed by atoms with Crippen molar-refractivity contribution in [1.82, 2.24) is 14.9 Å². The van der Waals surface area contributed by atoms with Gasteiger partial charge in [-0.2, -0.15) is 0 Å².